The first-order chi connectivity index (χ1) is 7.59. The standard InChI is InChI=1S/C12H18N2O2/c1-9(2)10(3)8-16-12(15)14-11-5-4-6-13-7-11/h4-7,9-10H,8H2,1-3H3,(H,14,15)/t10-/m0/s1. The molecule has 0 unspecified atom stereocenters. The second-order valence-electron chi connectivity index (χ2n) is 4.19. The number of ether oxygens (including phenoxy) is 1. The molecule has 1 N–H and O–H groups in total. The smallest absolute Gasteiger partial charge is 0.411 e. The molecule has 1 heterocycles. The first-order valence-corrected chi connectivity index (χ1v) is 5.43. The highest BCUT2D eigenvalue weighted by Gasteiger charge is 2.10. The number of amides is 1. The Morgan fingerprint density at radius 2 is 2.25 bits per heavy atom. The van der Waals surface area contributed by atoms with Crippen LogP contribution in [-0.2, 0) is 4.74 Å². The predicted molar refractivity (Wildman–Crippen MR) is 63.2 cm³/mol. The van der Waals surface area contributed by atoms with E-state index in [4.69, 9.17) is 4.74 Å². The van der Waals surface area contributed by atoms with Gasteiger partial charge in [0.05, 0.1) is 18.5 Å². The molecule has 0 saturated heterocycles. The maximum Gasteiger partial charge on any atom is 0.411 e. The lowest BCUT2D eigenvalue weighted by atomic mass is 10.00. The van der Waals surface area contributed by atoms with Crippen molar-refractivity contribution in [1.82, 2.24) is 4.98 Å². The fourth-order valence-corrected chi connectivity index (χ4v) is 0.990. The van der Waals surface area contributed by atoms with E-state index >= 15 is 0 Å². The molecule has 4 heteroatoms. The van der Waals surface area contributed by atoms with Gasteiger partial charge in [-0.25, -0.2) is 4.79 Å². The summed E-state index contributed by atoms with van der Waals surface area (Å²) in [6, 6.07) is 3.52. The average Bonchev–Trinajstić information content (AvgIpc) is 2.27. The summed E-state index contributed by atoms with van der Waals surface area (Å²) >= 11 is 0. The number of hydrogen-bond acceptors (Lipinski definition) is 3. The van der Waals surface area contributed by atoms with Crippen molar-refractivity contribution in [3.05, 3.63) is 24.5 Å². The number of pyridine rings is 1. The van der Waals surface area contributed by atoms with Crippen LogP contribution in [-0.4, -0.2) is 17.7 Å². The van der Waals surface area contributed by atoms with Crippen molar-refractivity contribution in [3.63, 3.8) is 0 Å². The molecule has 0 aliphatic heterocycles. The Bertz CT molecular complexity index is 325. The van der Waals surface area contributed by atoms with Gasteiger partial charge < -0.3 is 4.74 Å². The second kappa shape index (κ2) is 6.10. The number of carbonyl (C=O) groups is 1. The van der Waals surface area contributed by atoms with E-state index in [-0.39, 0.29) is 0 Å². The lowest BCUT2D eigenvalue weighted by molar-refractivity contribution is 0.133. The normalized spacial score (nSPS) is 12.2. The molecule has 1 aromatic heterocycles. The van der Waals surface area contributed by atoms with Gasteiger partial charge in [0, 0.05) is 6.20 Å². The van der Waals surface area contributed by atoms with Gasteiger partial charge in [-0.1, -0.05) is 20.8 Å². The molecule has 88 valence electrons. The summed E-state index contributed by atoms with van der Waals surface area (Å²) < 4.78 is 5.09. The highest BCUT2D eigenvalue weighted by atomic mass is 16.5. The number of aromatic nitrogens is 1. The van der Waals surface area contributed by atoms with Crippen LogP contribution >= 0.6 is 0 Å². The zero-order valence-electron chi connectivity index (χ0n) is 9.93. The van der Waals surface area contributed by atoms with Gasteiger partial charge in [-0.3, -0.25) is 10.3 Å². The summed E-state index contributed by atoms with van der Waals surface area (Å²) in [5.74, 6) is 0.867. The minimum absolute atomic E-state index is 0.361. The van der Waals surface area contributed by atoms with Crippen LogP contribution in [0.1, 0.15) is 20.8 Å². The van der Waals surface area contributed by atoms with Gasteiger partial charge in [-0.2, -0.15) is 0 Å². The van der Waals surface area contributed by atoms with Crippen LogP contribution in [0.15, 0.2) is 24.5 Å². The third kappa shape index (κ3) is 4.29. The van der Waals surface area contributed by atoms with Crippen LogP contribution in [0.4, 0.5) is 10.5 Å². The zero-order chi connectivity index (χ0) is 12.0. The van der Waals surface area contributed by atoms with Crippen molar-refractivity contribution in [1.29, 1.82) is 0 Å². The molecule has 0 spiro atoms. The molecule has 4 nitrogen and oxygen atoms in total. The Labute approximate surface area is 96.0 Å². The van der Waals surface area contributed by atoms with Gasteiger partial charge in [-0.15, -0.1) is 0 Å². The van der Waals surface area contributed by atoms with Gasteiger partial charge >= 0.3 is 6.09 Å². The Morgan fingerprint density at radius 3 is 2.81 bits per heavy atom. The van der Waals surface area contributed by atoms with Gasteiger partial charge in [0.15, 0.2) is 0 Å². The van der Waals surface area contributed by atoms with Crippen LogP contribution in [0.5, 0.6) is 0 Å². The van der Waals surface area contributed by atoms with Crippen molar-refractivity contribution in [3.8, 4) is 0 Å². The lowest BCUT2D eigenvalue weighted by Crippen LogP contribution is -2.20. The highest BCUT2D eigenvalue weighted by molar-refractivity contribution is 5.84. The molecule has 0 aliphatic carbocycles. The summed E-state index contributed by atoms with van der Waals surface area (Å²) in [6.07, 6.45) is 2.80. The quantitative estimate of drug-likeness (QED) is 0.852. The van der Waals surface area contributed by atoms with E-state index < -0.39 is 6.09 Å². The van der Waals surface area contributed by atoms with Gasteiger partial charge in [0.25, 0.3) is 0 Å². The lowest BCUT2D eigenvalue weighted by Gasteiger charge is -2.15. The molecular weight excluding hydrogens is 204 g/mol. The van der Waals surface area contributed by atoms with E-state index in [0.717, 1.165) is 0 Å². The van der Waals surface area contributed by atoms with E-state index in [2.05, 4.69) is 31.1 Å². The molecule has 0 aromatic carbocycles. The van der Waals surface area contributed by atoms with E-state index in [0.29, 0.717) is 24.1 Å². The number of hydrogen-bond donors (Lipinski definition) is 1. The fourth-order valence-electron chi connectivity index (χ4n) is 0.990. The van der Waals surface area contributed by atoms with Crippen LogP contribution in [0.2, 0.25) is 0 Å². The number of nitrogens with zero attached hydrogens (tertiary/aromatic N) is 1. The van der Waals surface area contributed by atoms with Crippen LogP contribution < -0.4 is 5.32 Å². The number of rotatable bonds is 4. The Hall–Kier alpha value is -1.58. The molecule has 0 saturated carbocycles. The van der Waals surface area contributed by atoms with Gasteiger partial charge in [-0.05, 0) is 24.0 Å². The monoisotopic (exact) mass is 222 g/mol. The van der Waals surface area contributed by atoms with Crippen molar-refractivity contribution in [2.45, 2.75) is 20.8 Å². The molecular formula is C12H18N2O2. The molecule has 0 radical (unpaired) electrons. The third-order valence-electron chi connectivity index (χ3n) is 2.52. The van der Waals surface area contributed by atoms with Crippen LogP contribution in [0.25, 0.3) is 0 Å². The van der Waals surface area contributed by atoms with E-state index in [1.165, 1.54) is 0 Å². The van der Waals surface area contributed by atoms with E-state index in [9.17, 15) is 4.79 Å². The average molecular weight is 222 g/mol. The third-order valence-corrected chi connectivity index (χ3v) is 2.52. The molecule has 0 fully saturated rings. The van der Waals surface area contributed by atoms with Gasteiger partial charge in [0.2, 0.25) is 0 Å². The molecule has 1 rings (SSSR count). The molecule has 1 atom stereocenters. The Balaban J connectivity index is 2.32. The summed E-state index contributed by atoms with van der Waals surface area (Å²) in [6.45, 7) is 6.70. The minimum Gasteiger partial charge on any atom is -0.449 e. The maximum atomic E-state index is 11.4. The second-order valence-corrected chi connectivity index (χ2v) is 4.19. The maximum absolute atomic E-state index is 11.4. The summed E-state index contributed by atoms with van der Waals surface area (Å²) in [5.41, 5.74) is 0.643. The SMILES string of the molecule is CC(C)[C@@H](C)COC(=O)Nc1cccnc1. The number of carbonyl (C=O) groups excluding carboxylic acids is 1. The molecule has 0 aliphatic rings. The Morgan fingerprint density at radius 1 is 1.50 bits per heavy atom. The topological polar surface area (TPSA) is 51.2 Å². The Kier molecular flexibility index (Phi) is 4.76. The molecule has 16 heavy (non-hydrogen) atoms. The predicted octanol–water partition coefficient (Wildman–Crippen LogP) is 2.92. The first kappa shape index (κ1) is 12.5. The summed E-state index contributed by atoms with van der Waals surface area (Å²) in [7, 11) is 0. The number of anilines is 1. The first-order valence-electron chi connectivity index (χ1n) is 5.43. The van der Waals surface area contributed by atoms with Crippen LogP contribution in [0, 0.1) is 11.8 Å². The molecule has 1 aromatic rings. The van der Waals surface area contributed by atoms with Gasteiger partial charge in [0.1, 0.15) is 0 Å². The molecule has 1 amide bonds. The van der Waals surface area contributed by atoms with Crippen molar-refractivity contribution < 1.29 is 9.53 Å². The van der Waals surface area contributed by atoms with E-state index in [1.807, 2.05) is 0 Å². The molecule has 0 bridgehead atoms. The van der Waals surface area contributed by atoms with Crippen LogP contribution in [0.3, 0.4) is 0 Å². The largest absolute Gasteiger partial charge is 0.449 e. The number of nitrogens with one attached hydrogen (secondary N) is 1. The highest BCUT2D eigenvalue weighted by Crippen LogP contribution is 2.10. The summed E-state index contributed by atoms with van der Waals surface area (Å²) in [4.78, 5) is 15.3. The minimum atomic E-state index is -0.430. The summed E-state index contributed by atoms with van der Waals surface area (Å²) in [5, 5.41) is 2.61. The van der Waals surface area contributed by atoms with E-state index in [1.54, 1.807) is 24.5 Å². The van der Waals surface area contributed by atoms with Crippen molar-refractivity contribution >= 4 is 11.8 Å². The fraction of sp³-hybridized carbons (Fsp3) is 0.500. The van der Waals surface area contributed by atoms with Crippen molar-refractivity contribution in [2.75, 3.05) is 11.9 Å². The zero-order valence-corrected chi connectivity index (χ0v) is 9.93. The van der Waals surface area contributed by atoms with Crippen molar-refractivity contribution in [2.24, 2.45) is 11.8 Å².